The van der Waals surface area contributed by atoms with E-state index in [2.05, 4.69) is 4.98 Å². The predicted octanol–water partition coefficient (Wildman–Crippen LogP) is 1.87. The first kappa shape index (κ1) is 11.2. The van der Waals surface area contributed by atoms with Crippen LogP contribution in [0.3, 0.4) is 0 Å². The molecule has 0 amide bonds. The molecule has 0 spiro atoms. The van der Waals surface area contributed by atoms with Crippen LogP contribution in [-0.4, -0.2) is 33.3 Å². The van der Waals surface area contributed by atoms with Gasteiger partial charge in [0.05, 0.1) is 17.4 Å². The topological polar surface area (TPSA) is 46.8 Å². The highest BCUT2D eigenvalue weighted by Gasteiger charge is 2.43. The first-order chi connectivity index (χ1) is 8.23. The van der Waals surface area contributed by atoms with Crippen LogP contribution in [0.25, 0.3) is 4.96 Å². The number of aromatic nitrogens is 2. The average Bonchev–Trinajstić information content (AvgIpc) is 2.76. The Bertz CT molecular complexity index is 481. The van der Waals surface area contributed by atoms with Crippen LogP contribution in [0.2, 0.25) is 0 Å². The van der Waals surface area contributed by atoms with E-state index >= 15 is 0 Å². The second-order valence-electron chi connectivity index (χ2n) is 4.67. The van der Waals surface area contributed by atoms with Crippen molar-refractivity contribution in [2.45, 2.75) is 37.4 Å². The van der Waals surface area contributed by atoms with E-state index in [0.717, 1.165) is 29.9 Å². The third kappa shape index (κ3) is 1.78. The zero-order valence-electron chi connectivity index (χ0n) is 9.80. The number of rotatable bonds is 4. The smallest absolute Gasteiger partial charge is 0.193 e. The Morgan fingerprint density at radius 3 is 3.06 bits per heavy atom. The van der Waals surface area contributed by atoms with Crippen LogP contribution in [0.5, 0.6) is 0 Å². The Morgan fingerprint density at radius 2 is 2.47 bits per heavy atom. The van der Waals surface area contributed by atoms with E-state index in [4.69, 9.17) is 4.74 Å². The molecule has 2 heterocycles. The molecule has 2 aromatic rings. The summed E-state index contributed by atoms with van der Waals surface area (Å²) in [4.78, 5) is 5.46. The highest BCUT2D eigenvalue weighted by atomic mass is 32.1. The molecule has 4 nitrogen and oxygen atoms in total. The molecule has 0 bridgehead atoms. The maximum absolute atomic E-state index is 10.3. The minimum atomic E-state index is -0.453. The Morgan fingerprint density at radius 1 is 1.65 bits per heavy atom. The van der Waals surface area contributed by atoms with Gasteiger partial charge in [0.2, 0.25) is 0 Å². The lowest BCUT2D eigenvalue weighted by Crippen LogP contribution is -2.50. The molecular weight excluding hydrogens is 236 g/mol. The SMILES string of the molecule is COC1(C(O)Cc2cn3ccsc3n2)CCC1. The minimum absolute atomic E-state index is 0.322. The third-order valence-corrected chi connectivity index (χ3v) is 4.53. The molecule has 1 N–H and O–H groups in total. The average molecular weight is 252 g/mol. The van der Waals surface area contributed by atoms with E-state index in [0.29, 0.717) is 6.42 Å². The normalized spacial score (nSPS) is 20.4. The molecule has 0 radical (unpaired) electrons. The van der Waals surface area contributed by atoms with E-state index in [1.807, 2.05) is 22.2 Å². The van der Waals surface area contributed by atoms with Crippen molar-refractivity contribution in [2.75, 3.05) is 7.11 Å². The largest absolute Gasteiger partial charge is 0.390 e. The van der Waals surface area contributed by atoms with Crippen molar-refractivity contribution in [1.82, 2.24) is 9.38 Å². The number of aliphatic hydroxyl groups is 1. The van der Waals surface area contributed by atoms with Crippen molar-refractivity contribution in [1.29, 1.82) is 0 Å². The number of hydrogen-bond donors (Lipinski definition) is 1. The van der Waals surface area contributed by atoms with Gasteiger partial charge in [-0.05, 0) is 19.3 Å². The maximum atomic E-state index is 10.3. The van der Waals surface area contributed by atoms with Crippen LogP contribution in [0.4, 0.5) is 0 Å². The van der Waals surface area contributed by atoms with Crippen LogP contribution >= 0.6 is 11.3 Å². The predicted molar refractivity (Wildman–Crippen MR) is 66.4 cm³/mol. The summed E-state index contributed by atoms with van der Waals surface area (Å²) in [5, 5.41) is 12.3. The number of fused-ring (bicyclic) bond motifs is 1. The van der Waals surface area contributed by atoms with Crippen molar-refractivity contribution in [2.24, 2.45) is 0 Å². The van der Waals surface area contributed by atoms with Gasteiger partial charge >= 0.3 is 0 Å². The lowest BCUT2D eigenvalue weighted by atomic mass is 9.74. The molecule has 0 saturated heterocycles. The van der Waals surface area contributed by atoms with Gasteiger partial charge in [0, 0.05) is 31.3 Å². The van der Waals surface area contributed by atoms with E-state index in [9.17, 15) is 5.11 Å². The zero-order valence-corrected chi connectivity index (χ0v) is 10.6. The Balaban J connectivity index is 1.76. The van der Waals surface area contributed by atoms with Crippen LogP contribution in [0.15, 0.2) is 17.8 Å². The van der Waals surface area contributed by atoms with Crippen LogP contribution in [0.1, 0.15) is 25.0 Å². The molecule has 92 valence electrons. The molecule has 2 aromatic heterocycles. The fraction of sp³-hybridized carbons (Fsp3) is 0.583. The summed E-state index contributed by atoms with van der Waals surface area (Å²) in [6.07, 6.45) is 7.13. The fourth-order valence-corrected chi connectivity index (χ4v) is 3.18. The van der Waals surface area contributed by atoms with Gasteiger partial charge in [0.25, 0.3) is 0 Å². The van der Waals surface area contributed by atoms with Gasteiger partial charge in [0.1, 0.15) is 0 Å². The second-order valence-corrected chi connectivity index (χ2v) is 5.54. The van der Waals surface area contributed by atoms with Crippen LogP contribution in [-0.2, 0) is 11.2 Å². The van der Waals surface area contributed by atoms with Crippen molar-refractivity contribution in [3.05, 3.63) is 23.5 Å². The van der Waals surface area contributed by atoms with Crippen molar-refractivity contribution < 1.29 is 9.84 Å². The van der Waals surface area contributed by atoms with Crippen molar-refractivity contribution in [3.63, 3.8) is 0 Å². The molecule has 1 aliphatic rings. The van der Waals surface area contributed by atoms with Gasteiger partial charge in [-0.2, -0.15) is 0 Å². The van der Waals surface area contributed by atoms with E-state index < -0.39 is 6.10 Å². The number of aliphatic hydroxyl groups excluding tert-OH is 1. The number of nitrogens with zero attached hydrogens (tertiary/aromatic N) is 2. The highest BCUT2D eigenvalue weighted by Crippen LogP contribution is 2.39. The summed E-state index contributed by atoms with van der Waals surface area (Å²) in [5.74, 6) is 0. The number of hydrogen-bond acceptors (Lipinski definition) is 4. The summed E-state index contributed by atoms with van der Waals surface area (Å²) in [5.41, 5.74) is 0.615. The molecule has 1 atom stereocenters. The molecule has 1 unspecified atom stereocenters. The van der Waals surface area contributed by atoms with E-state index in [-0.39, 0.29) is 5.60 Å². The summed E-state index contributed by atoms with van der Waals surface area (Å²) in [7, 11) is 1.69. The summed E-state index contributed by atoms with van der Waals surface area (Å²) < 4.78 is 7.47. The van der Waals surface area contributed by atoms with Crippen molar-refractivity contribution >= 4 is 16.3 Å². The maximum Gasteiger partial charge on any atom is 0.193 e. The number of imidazole rings is 1. The lowest BCUT2D eigenvalue weighted by Gasteiger charge is -2.44. The molecular formula is C12H16N2O2S. The zero-order chi connectivity index (χ0) is 11.9. The molecule has 1 saturated carbocycles. The van der Waals surface area contributed by atoms with Crippen molar-refractivity contribution in [3.8, 4) is 0 Å². The first-order valence-corrected chi connectivity index (χ1v) is 6.76. The summed E-state index contributed by atoms with van der Waals surface area (Å²) in [6.45, 7) is 0. The molecule has 0 aliphatic heterocycles. The standard InChI is InChI=1S/C12H16N2O2S/c1-16-12(3-2-4-12)10(15)7-9-8-14-5-6-17-11(14)13-9/h5-6,8,10,15H,2-4,7H2,1H3. The van der Waals surface area contributed by atoms with Crippen LogP contribution < -0.4 is 0 Å². The quantitative estimate of drug-likeness (QED) is 0.903. The Labute approximate surface area is 104 Å². The molecule has 0 aromatic carbocycles. The fourth-order valence-electron chi connectivity index (χ4n) is 2.46. The van der Waals surface area contributed by atoms with Gasteiger partial charge < -0.3 is 9.84 Å². The Hall–Kier alpha value is -0.910. The molecule has 1 aliphatic carbocycles. The molecule has 5 heteroatoms. The van der Waals surface area contributed by atoms with Gasteiger partial charge in [-0.3, -0.25) is 4.40 Å². The molecule has 17 heavy (non-hydrogen) atoms. The van der Waals surface area contributed by atoms with Gasteiger partial charge in [-0.1, -0.05) is 0 Å². The Kier molecular flexibility index (Phi) is 2.69. The molecule has 3 rings (SSSR count). The summed E-state index contributed by atoms with van der Waals surface area (Å²) in [6, 6.07) is 0. The van der Waals surface area contributed by atoms with Crippen LogP contribution in [0, 0.1) is 0 Å². The number of thiazole rings is 1. The third-order valence-electron chi connectivity index (χ3n) is 3.76. The molecule has 1 fully saturated rings. The highest BCUT2D eigenvalue weighted by molar-refractivity contribution is 7.15. The minimum Gasteiger partial charge on any atom is -0.390 e. The summed E-state index contributed by atoms with van der Waals surface area (Å²) >= 11 is 1.61. The monoisotopic (exact) mass is 252 g/mol. The van der Waals surface area contributed by atoms with Gasteiger partial charge in [-0.15, -0.1) is 11.3 Å². The van der Waals surface area contributed by atoms with Gasteiger partial charge in [0.15, 0.2) is 4.96 Å². The van der Waals surface area contributed by atoms with E-state index in [1.165, 1.54) is 0 Å². The first-order valence-electron chi connectivity index (χ1n) is 5.88. The lowest BCUT2D eigenvalue weighted by molar-refractivity contribution is -0.148. The van der Waals surface area contributed by atoms with E-state index in [1.54, 1.807) is 18.4 Å². The number of ether oxygens (including phenoxy) is 1. The second kappa shape index (κ2) is 4.08. The van der Waals surface area contributed by atoms with Gasteiger partial charge in [-0.25, -0.2) is 4.98 Å². The number of methoxy groups -OCH3 is 1.